The standard InChI is InChI=1S/C19H25N3O3/c1-13(2)25-16-6-4-5-14(9-16)17-11-20-19(21-17)15-10-18(23)22(12-15)7-8-24-3/h4-6,9,11,13,15H,7-8,10,12H2,1-3H3,(H,20,21)/t15-/m0/s1. The van der Waals surface area contributed by atoms with Crippen molar-refractivity contribution in [1.29, 1.82) is 0 Å². The topological polar surface area (TPSA) is 67.5 Å². The summed E-state index contributed by atoms with van der Waals surface area (Å²) >= 11 is 0. The van der Waals surface area contributed by atoms with Crippen molar-refractivity contribution < 1.29 is 14.3 Å². The number of ether oxygens (including phenoxy) is 2. The molecule has 0 unspecified atom stereocenters. The molecule has 1 N–H and O–H groups in total. The monoisotopic (exact) mass is 343 g/mol. The summed E-state index contributed by atoms with van der Waals surface area (Å²) in [6.45, 7) is 5.89. The molecule has 1 aliphatic rings. The molecule has 2 heterocycles. The number of rotatable bonds is 7. The van der Waals surface area contributed by atoms with E-state index in [1.807, 2.05) is 49.2 Å². The van der Waals surface area contributed by atoms with Gasteiger partial charge in [0.2, 0.25) is 5.91 Å². The minimum absolute atomic E-state index is 0.105. The molecule has 1 saturated heterocycles. The normalized spacial score (nSPS) is 17.5. The van der Waals surface area contributed by atoms with Crippen molar-refractivity contribution in [3.8, 4) is 17.0 Å². The summed E-state index contributed by atoms with van der Waals surface area (Å²) in [5.74, 6) is 1.96. The van der Waals surface area contributed by atoms with Crippen molar-refractivity contribution >= 4 is 5.91 Å². The smallest absolute Gasteiger partial charge is 0.223 e. The Hall–Kier alpha value is -2.34. The first-order valence-electron chi connectivity index (χ1n) is 8.65. The molecule has 2 aromatic rings. The molecule has 1 aromatic heterocycles. The number of aromatic amines is 1. The molecule has 0 radical (unpaired) electrons. The number of H-pyrrole nitrogens is 1. The third kappa shape index (κ3) is 4.20. The van der Waals surface area contributed by atoms with Crippen LogP contribution in [-0.2, 0) is 9.53 Å². The molecule has 0 saturated carbocycles. The number of benzene rings is 1. The maximum atomic E-state index is 12.1. The summed E-state index contributed by atoms with van der Waals surface area (Å²) in [5.41, 5.74) is 1.96. The molecule has 25 heavy (non-hydrogen) atoms. The van der Waals surface area contributed by atoms with Crippen LogP contribution in [0.1, 0.15) is 32.0 Å². The highest BCUT2D eigenvalue weighted by Crippen LogP contribution is 2.29. The molecule has 1 aromatic carbocycles. The lowest BCUT2D eigenvalue weighted by Crippen LogP contribution is -2.28. The number of methoxy groups -OCH3 is 1. The van der Waals surface area contributed by atoms with Crippen molar-refractivity contribution in [3.05, 3.63) is 36.3 Å². The summed E-state index contributed by atoms with van der Waals surface area (Å²) in [6, 6.07) is 7.94. The molecular formula is C19H25N3O3. The van der Waals surface area contributed by atoms with Gasteiger partial charge in [0.15, 0.2) is 0 Å². The zero-order valence-corrected chi connectivity index (χ0v) is 15.0. The minimum atomic E-state index is 0.105. The first kappa shape index (κ1) is 17.5. The molecule has 1 fully saturated rings. The second kappa shape index (κ2) is 7.70. The molecule has 1 amide bonds. The van der Waals surface area contributed by atoms with Crippen molar-refractivity contribution in [2.75, 3.05) is 26.8 Å². The molecule has 1 atom stereocenters. The van der Waals surface area contributed by atoms with Gasteiger partial charge in [-0.15, -0.1) is 0 Å². The quantitative estimate of drug-likeness (QED) is 0.839. The Kier molecular flexibility index (Phi) is 5.38. The average Bonchev–Trinajstić information content (AvgIpc) is 3.19. The number of carbonyl (C=O) groups is 1. The second-order valence-electron chi connectivity index (χ2n) is 6.61. The zero-order chi connectivity index (χ0) is 17.8. The number of amides is 1. The van der Waals surface area contributed by atoms with Crippen LogP contribution in [0.3, 0.4) is 0 Å². The number of carbonyl (C=O) groups excluding carboxylic acids is 1. The third-order valence-electron chi connectivity index (χ3n) is 4.28. The van der Waals surface area contributed by atoms with E-state index in [0.29, 0.717) is 26.1 Å². The van der Waals surface area contributed by atoms with Gasteiger partial charge in [0.25, 0.3) is 0 Å². The lowest BCUT2D eigenvalue weighted by atomic mass is 10.1. The Morgan fingerprint density at radius 1 is 1.40 bits per heavy atom. The van der Waals surface area contributed by atoms with Gasteiger partial charge in [0.05, 0.1) is 24.6 Å². The largest absolute Gasteiger partial charge is 0.491 e. The SMILES string of the molecule is COCCN1C[C@@H](c2ncc(-c3cccc(OC(C)C)c3)[nH]2)CC1=O. The van der Waals surface area contributed by atoms with E-state index in [1.165, 1.54) is 0 Å². The fourth-order valence-corrected chi connectivity index (χ4v) is 3.07. The van der Waals surface area contributed by atoms with Gasteiger partial charge in [-0.2, -0.15) is 0 Å². The van der Waals surface area contributed by atoms with Crippen LogP contribution in [0.4, 0.5) is 0 Å². The highest BCUT2D eigenvalue weighted by atomic mass is 16.5. The Bertz CT molecular complexity index is 726. The second-order valence-corrected chi connectivity index (χ2v) is 6.61. The number of nitrogens with one attached hydrogen (secondary N) is 1. The highest BCUT2D eigenvalue weighted by Gasteiger charge is 2.32. The summed E-state index contributed by atoms with van der Waals surface area (Å²) in [6.07, 6.45) is 2.45. The van der Waals surface area contributed by atoms with Crippen LogP contribution in [-0.4, -0.2) is 53.7 Å². The van der Waals surface area contributed by atoms with Crippen molar-refractivity contribution in [1.82, 2.24) is 14.9 Å². The fraction of sp³-hybridized carbons (Fsp3) is 0.474. The van der Waals surface area contributed by atoms with E-state index in [-0.39, 0.29) is 17.9 Å². The number of imidazole rings is 1. The Labute approximate surface area is 148 Å². The molecule has 0 spiro atoms. The first-order chi connectivity index (χ1) is 12.1. The van der Waals surface area contributed by atoms with Gasteiger partial charge in [-0.25, -0.2) is 4.98 Å². The summed E-state index contributed by atoms with van der Waals surface area (Å²) < 4.78 is 10.8. The number of hydrogen-bond donors (Lipinski definition) is 1. The molecule has 6 nitrogen and oxygen atoms in total. The van der Waals surface area contributed by atoms with Crippen molar-refractivity contribution in [2.45, 2.75) is 32.3 Å². The van der Waals surface area contributed by atoms with Crippen molar-refractivity contribution in [3.63, 3.8) is 0 Å². The van der Waals surface area contributed by atoms with E-state index in [9.17, 15) is 4.79 Å². The Morgan fingerprint density at radius 3 is 3.00 bits per heavy atom. The molecule has 0 aliphatic carbocycles. The molecular weight excluding hydrogens is 318 g/mol. The molecule has 134 valence electrons. The van der Waals surface area contributed by atoms with Crippen LogP contribution < -0.4 is 4.74 Å². The van der Waals surface area contributed by atoms with Gasteiger partial charge in [-0.05, 0) is 26.0 Å². The predicted octanol–water partition coefficient (Wildman–Crippen LogP) is 2.83. The van der Waals surface area contributed by atoms with Gasteiger partial charge in [0.1, 0.15) is 11.6 Å². The number of likely N-dealkylation sites (tertiary alicyclic amines) is 1. The lowest BCUT2D eigenvalue weighted by molar-refractivity contribution is -0.128. The summed E-state index contributed by atoms with van der Waals surface area (Å²) in [4.78, 5) is 21.8. The van der Waals surface area contributed by atoms with Gasteiger partial charge < -0.3 is 19.4 Å². The Balaban J connectivity index is 1.72. The lowest BCUT2D eigenvalue weighted by Gasteiger charge is -2.15. The maximum Gasteiger partial charge on any atom is 0.223 e. The van der Waals surface area contributed by atoms with Crippen LogP contribution in [0.25, 0.3) is 11.3 Å². The van der Waals surface area contributed by atoms with E-state index >= 15 is 0 Å². The number of nitrogens with zero attached hydrogens (tertiary/aromatic N) is 2. The van der Waals surface area contributed by atoms with E-state index < -0.39 is 0 Å². The number of hydrogen-bond acceptors (Lipinski definition) is 4. The molecule has 0 bridgehead atoms. The van der Waals surface area contributed by atoms with Crippen LogP contribution >= 0.6 is 0 Å². The number of aromatic nitrogens is 2. The van der Waals surface area contributed by atoms with Crippen molar-refractivity contribution in [2.24, 2.45) is 0 Å². The van der Waals surface area contributed by atoms with E-state index in [4.69, 9.17) is 9.47 Å². The average molecular weight is 343 g/mol. The van der Waals surface area contributed by atoms with Crippen LogP contribution in [0.15, 0.2) is 30.5 Å². The summed E-state index contributed by atoms with van der Waals surface area (Å²) in [7, 11) is 1.65. The van der Waals surface area contributed by atoms with E-state index in [2.05, 4.69) is 9.97 Å². The van der Waals surface area contributed by atoms with Crippen LogP contribution in [0.5, 0.6) is 5.75 Å². The Morgan fingerprint density at radius 2 is 2.24 bits per heavy atom. The first-order valence-corrected chi connectivity index (χ1v) is 8.65. The van der Waals surface area contributed by atoms with E-state index in [1.54, 1.807) is 7.11 Å². The van der Waals surface area contributed by atoms with Crippen LogP contribution in [0, 0.1) is 0 Å². The van der Waals surface area contributed by atoms with Gasteiger partial charge >= 0.3 is 0 Å². The highest BCUT2D eigenvalue weighted by molar-refractivity contribution is 5.79. The van der Waals surface area contributed by atoms with Gasteiger partial charge in [-0.1, -0.05) is 12.1 Å². The maximum absolute atomic E-state index is 12.1. The van der Waals surface area contributed by atoms with Crippen LogP contribution in [0.2, 0.25) is 0 Å². The zero-order valence-electron chi connectivity index (χ0n) is 15.0. The molecule has 6 heteroatoms. The van der Waals surface area contributed by atoms with Gasteiger partial charge in [-0.3, -0.25) is 4.79 Å². The predicted molar refractivity (Wildman–Crippen MR) is 95.6 cm³/mol. The fourth-order valence-electron chi connectivity index (χ4n) is 3.07. The molecule has 3 rings (SSSR count). The van der Waals surface area contributed by atoms with E-state index in [0.717, 1.165) is 22.8 Å². The van der Waals surface area contributed by atoms with Gasteiger partial charge in [0, 0.05) is 38.1 Å². The third-order valence-corrected chi connectivity index (χ3v) is 4.28. The minimum Gasteiger partial charge on any atom is -0.491 e. The summed E-state index contributed by atoms with van der Waals surface area (Å²) in [5, 5.41) is 0. The molecule has 1 aliphatic heterocycles.